The first kappa shape index (κ1) is 12.3. The third-order valence-corrected chi connectivity index (χ3v) is 4.05. The number of hydrogen-bond donors (Lipinski definition) is 0. The maximum Gasteiger partial charge on any atom is 0.166 e. The molecule has 0 saturated heterocycles. The van der Waals surface area contributed by atoms with Gasteiger partial charge in [-0.3, -0.25) is 4.79 Å². The lowest BCUT2D eigenvalue weighted by Crippen LogP contribution is -2.14. The van der Waals surface area contributed by atoms with Crippen molar-refractivity contribution in [1.29, 1.82) is 0 Å². The zero-order chi connectivity index (χ0) is 14.4. The summed E-state index contributed by atoms with van der Waals surface area (Å²) < 4.78 is 1.72. The van der Waals surface area contributed by atoms with Crippen LogP contribution in [0.4, 0.5) is 0 Å². The van der Waals surface area contributed by atoms with Gasteiger partial charge in [-0.05, 0) is 25.3 Å². The maximum atomic E-state index is 12.0. The van der Waals surface area contributed by atoms with Gasteiger partial charge in [0.1, 0.15) is 0 Å². The molecule has 21 heavy (non-hydrogen) atoms. The highest BCUT2D eigenvalue weighted by Crippen LogP contribution is 2.26. The molecule has 0 spiro atoms. The summed E-state index contributed by atoms with van der Waals surface area (Å²) in [4.78, 5) is 16.7. The van der Waals surface area contributed by atoms with E-state index in [1.165, 1.54) is 5.56 Å². The van der Waals surface area contributed by atoms with E-state index in [9.17, 15) is 4.79 Å². The van der Waals surface area contributed by atoms with E-state index < -0.39 is 0 Å². The Bertz CT molecular complexity index is 846. The Morgan fingerprint density at radius 2 is 1.90 bits per heavy atom. The first-order valence-electron chi connectivity index (χ1n) is 7.20. The van der Waals surface area contributed by atoms with E-state index in [0.717, 1.165) is 40.9 Å². The molecule has 3 aromatic rings. The molecule has 104 valence electrons. The van der Waals surface area contributed by atoms with Gasteiger partial charge in [0.2, 0.25) is 0 Å². The Balaban J connectivity index is 1.92. The lowest BCUT2D eigenvalue weighted by molar-refractivity contribution is 0.0971. The molecule has 1 aliphatic rings. The topological polar surface area (TPSA) is 47.3 Å². The Kier molecular flexibility index (Phi) is 2.64. The van der Waals surface area contributed by atoms with Crippen LogP contribution in [0.2, 0.25) is 0 Å². The molecule has 2 heterocycles. The molecule has 4 rings (SSSR count). The molecule has 0 bridgehead atoms. The number of fused-ring (bicyclic) bond motifs is 2. The number of Topliss-reactive ketones (excluding diaryl/α,β-unsaturated/α-hetero) is 1. The minimum Gasteiger partial charge on any atom is -0.294 e. The van der Waals surface area contributed by atoms with E-state index in [4.69, 9.17) is 4.98 Å². The molecular weight excluding hydrogens is 262 g/mol. The molecule has 0 unspecified atom stereocenters. The van der Waals surface area contributed by atoms with Crippen molar-refractivity contribution in [3.05, 3.63) is 53.5 Å². The molecule has 0 N–H and O–H groups in total. The number of carbonyl (C=O) groups is 1. The van der Waals surface area contributed by atoms with Gasteiger partial charge >= 0.3 is 0 Å². The van der Waals surface area contributed by atoms with E-state index >= 15 is 0 Å². The van der Waals surface area contributed by atoms with Crippen molar-refractivity contribution in [2.45, 2.75) is 26.2 Å². The van der Waals surface area contributed by atoms with Crippen molar-refractivity contribution >= 4 is 11.4 Å². The summed E-state index contributed by atoms with van der Waals surface area (Å²) in [7, 11) is 0. The quantitative estimate of drug-likeness (QED) is 0.686. The Morgan fingerprint density at radius 3 is 2.71 bits per heavy atom. The van der Waals surface area contributed by atoms with Gasteiger partial charge in [0.25, 0.3) is 0 Å². The molecule has 0 radical (unpaired) electrons. The van der Waals surface area contributed by atoms with Crippen LogP contribution in [-0.4, -0.2) is 20.4 Å². The summed E-state index contributed by atoms with van der Waals surface area (Å²) in [6, 6.07) is 8.33. The number of carbonyl (C=O) groups excluding carboxylic acids is 1. The summed E-state index contributed by atoms with van der Waals surface area (Å²) in [5, 5.41) is 4.36. The van der Waals surface area contributed by atoms with E-state index in [1.54, 1.807) is 4.52 Å². The summed E-state index contributed by atoms with van der Waals surface area (Å²) in [6.45, 7) is 2.07. The predicted molar refractivity (Wildman–Crippen MR) is 80.4 cm³/mol. The SMILES string of the molecule is Cc1ccc(-c2cnn3cc4c(nc23)CCCC4=O)cc1. The molecule has 2 aromatic heterocycles. The van der Waals surface area contributed by atoms with Crippen LogP contribution in [0.1, 0.15) is 34.5 Å². The predicted octanol–water partition coefficient (Wildman–Crippen LogP) is 3.22. The van der Waals surface area contributed by atoms with Gasteiger partial charge in [0.05, 0.1) is 17.5 Å². The standard InChI is InChI=1S/C17H15N3O/c1-11-5-7-12(8-6-11)13-9-18-20-10-14-15(19-17(13)20)3-2-4-16(14)21/h5-10H,2-4H2,1H3. The molecule has 0 aliphatic heterocycles. The van der Waals surface area contributed by atoms with E-state index in [-0.39, 0.29) is 5.78 Å². The fourth-order valence-electron chi connectivity index (χ4n) is 2.86. The Morgan fingerprint density at radius 1 is 1.10 bits per heavy atom. The third kappa shape index (κ3) is 1.95. The molecule has 4 nitrogen and oxygen atoms in total. The minimum atomic E-state index is 0.179. The fraction of sp³-hybridized carbons (Fsp3) is 0.235. The van der Waals surface area contributed by atoms with Crippen molar-refractivity contribution in [3.8, 4) is 11.1 Å². The average Bonchev–Trinajstić information content (AvgIpc) is 2.90. The van der Waals surface area contributed by atoms with Crippen LogP contribution in [0.15, 0.2) is 36.7 Å². The minimum absolute atomic E-state index is 0.179. The normalized spacial score (nSPS) is 14.4. The first-order valence-corrected chi connectivity index (χ1v) is 7.20. The molecule has 0 fully saturated rings. The molecule has 0 atom stereocenters. The van der Waals surface area contributed by atoms with E-state index in [1.807, 2.05) is 12.4 Å². The first-order chi connectivity index (χ1) is 10.2. The van der Waals surface area contributed by atoms with Gasteiger partial charge in [-0.2, -0.15) is 5.10 Å². The number of rotatable bonds is 1. The zero-order valence-corrected chi connectivity index (χ0v) is 11.8. The number of nitrogens with zero attached hydrogens (tertiary/aromatic N) is 3. The van der Waals surface area contributed by atoms with Crippen molar-refractivity contribution in [1.82, 2.24) is 14.6 Å². The monoisotopic (exact) mass is 277 g/mol. The molecule has 4 heteroatoms. The van der Waals surface area contributed by atoms with E-state index in [0.29, 0.717) is 6.42 Å². The second-order valence-electron chi connectivity index (χ2n) is 5.57. The largest absolute Gasteiger partial charge is 0.294 e. The van der Waals surface area contributed by atoms with Gasteiger partial charge in [-0.15, -0.1) is 0 Å². The highest BCUT2D eigenvalue weighted by Gasteiger charge is 2.21. The Labute approximate surface area is 122 Å². The molecule has 0 amide bonds. The van der Waals surface area contributed by atoms with Gasteiger partial charge < -0.3 is 0 Å². The molecule has 1 aromatic carbocycles. The van der Waals surface area contributed by atoms with Crippen LogP contribution in [0.5, 0.6) is 0 Å². The second-order valence-corrected chi connectivity index (χ2v) is 5.57. The lowest BCUT2D eigenvalue weighted by atomic mass is 9.96. The lowest BCUT2D eigenvalue weighted by Gasteiger charge is -2.13. The number of ketones is 1. The number of benzene rings is 1. The van der Waals surface area contributed by atoms with Gasteiger partial charge in [0.15, 0.2) is 11.4 Å². The highest BCUT2D eigenvalue weighted by atomic mass is 16.1. The van der Waals surface area contributed by atoms with Crippen LogP contribution in [-0.2, 0) is 6.42 Å². The van der Waals surface area contributed by atoms with Crippen molar-refractivity contribution in [2.24, 2.45) is 0 Å². The van der Waals surface area contributed by atoms with Gasteiger partial charge in [-0.1, -0.05) is 29.8 Å². The number of hydrogen-bond acceptors (Lipinski definition) is 3. The van der Waals surface area contributed by atoms with Crippen molar-refractivity contribution in [3.63, 3.8) is 0 Å². The smallest absolute Gasteiger partial charge is 0.166 e. The van der Waals surface area contributed by atoms with Crippen molar-refractivity contribution in [2.75, 3.05) is 0 Å². The molecule has 1 aliphatic carbocycles. The summed E-state index contributed by atoms with van der Waals surface area (Å²) >= 11 is 0. The van der Waals surface area contributed by atoms with Crippen LogP contribution in [0.3, 0.4) is 0 Å². The maximum absolute atomic E-state index is 12.0. The summed E-state index contributed by atoms with van der Waals surface area (Å²) in [5.41, 5.74) is 5.80. The fourth-order valence-corrected chi connectivity index (χ4v) is 2.86. The number of aryl methyl sites for hydroxylation is 2. The summed E-state index contributed by atoms with van der Waals surface area (Å²) in [5.74, 6) is 0.179. The van der Waals surface area contributed by atoms with Crippen LogP contribution >= 0.6 is 0 Å². The Hall–Kier alpha value is -2.49. The van der Waals surface area contributed by atoms with Gasteiger partial charge in [0, 0.05) is 18.2 Å². The second kappa shape index (κ2) is 4.52. The highest BCUT2D eigenvalue weighted by molar-refractivity contribution is 5.98. The number of aromatic nitrogens is 3. The van der Waals surface area contributed by atoms with Crippen LogP contribution in [0.25, 0.3) is 16.8 Å². The van der Waals surface area contributed by atoms with Crippen molar-refractivity contribution < 1.29 is 4.79 Å². The van der Waals surface area contributed by atoms with Gasteiger partial charge in [-0.25, -0.2) is 9.50 Å². The average molecular weight is 277 g/mol. The molecular formula is C17H15N3O. The summed E-state index contributed by atoms with van der Waals surface area (Å²) in [6.07, 6.45) is 6.03. The zero-order valence-electron chi connectivity index (χ0n) is 11.8. The van der Waals surface area contributed by atoms with Crippen LogP contribution < -0.4 is 0 Å². The van der Waals surface area contributed by atoms with Crippen LogP contribution in [0, 0.1) is 6.92 Å². The third-order valence-electron chi connectivity index (χ3n) is 4.05. The van der Waals surface area contributed by atoms with E-state index in [2.05, 4.69) is 36.3 Å². The molecule has 0 saturated carbocycles.